The Labute approximate surface area is 195 Å². The molecule has 4 aliphatic carbocycles. The monoisotopic (exact) mass is 430 g/mol. The van der Waals surface area contributed by atoms with Crippen molar-refractivity contribution in [1.29, 1.82) is 0 Å². The summed E-state index contributed by atoms with van der Waals surface area (Å²) in [5.74, 6) is 4.25. The summed E-state index contributed by atoms with van der Waals surface area (Å²) in [6.45, 7) is 9.68. The Balaban J connectivity index is 1.34. The minimum atomic E-state index is 0.183. The summed E-state index contributed by atoms with van der Waals surface area (Å²) in [7, 11) is 0. The Hall–Kier alpha value is -1.34. The number of fused-ring (bicyclic) bond motifs is 4. The summed E-state index contributed by atoms with van der Waals surface area (Å²) in [5.41, 5.74) is 7.18. The molecule has 6 unspecified atom stereocenters. The summed E-state index contributed by atoms with van der Waals surface area (Å²) in [5, 5.41) is 0. The Morgan fingerprint density at radius 1 is 1.00 bits per heavy atom. The molecule has 32 heavy (non-hydrogen) atoms. The molecule has 4 fully saturated rings. The SMILES string of the molecule is C=Cc1ccc(C2CC3CCCC3C3CCC4CC5(CCC4=C23)CCC(C)(C)CO5)cc1. The number of hydrogen-bond acceptors (Lipinski definition) is 1. The largest absolute Gasteiger partial charge is 0.374 e. The van der Waals surface area contributed by atoms with Crippen LogP contribution in [-0.4, -0.2) is 12.2 Å². The molecular weight excluding hydrogens is 388 g/mol. The van der Waals surface area contributed by atoms with Crippen molar-refractivity contribution >= 4 is 6.08 Å². The first-order valence-corrected chi connectivity index (χ1v) is 13.6. The summed E-state index contributed by atoms with van der Waals surface area (Å²) in [6.07, 6.45) is 17.1. The summed E-state index contributed by atoms with van der Waals surface area (Å²) in [4.78, 5) is 0. The fourth-order valence-corrected chi connectivity index (χ4v) is 8.51. The normalized spacial score (nSPS) is 40.5. The fourth-order valence-electron chi connectivity index (χ4n) is 8.51. The summed E-state index contributed by atoms with van der Waals surface area (Å²) < 4.78 is 6.68. The van der Waals surface area contributed by atoms with Crippen LogP contribution in [0.2, 0.25) is 0 Å². The van der Waals surface area contributed by atoms with Gasteiger partial charge < -0.3 is 4.74 Å². The minimum Gasteiger partial charge on any atom is -0.374 e. The Kier molecular flexibility index (Phi) is 5.21. The molecule has 6 atom stereocenters. The van der Waals surface area contributed by atoms with Crippen LogP contribution in [0, 0.1) is 29.1 Å². The van der Waals surface area contributed by atoms with E-state index < -0.39 is 0 Å². The number of ether oxygens (including phenoxy) is 1. The lowest BCUT2D eigenvalue weighted by molar-refractivity contribution is -0.144. The van der Waals surface area contributed by atoms with Crippen molar-refractivity contribution < 1.29 is 4.74 Å². The van der Waals surface area contributed by atoms with Gasteiger partial charge in [0.05, 0.1) is 12.2 Å². The molecule has 3 saturated carbocycles. The van der Waals surface area contributed by atoms with Gasteiger partial charge in [-0.2, -0.15) is 0 Å². The highest BCUT2D eigenvalue weighted by molar-refractivity contribution is 5.49. The highest BCUT2D eigenvalue weighted by atomic mass is 16.5. The maximum atomic E-state index is 6.68. The molecule has 1 saturated heterocycles. The van der Waals surface area contributed by atoms with Gasteiger partial charge >= 0.3 is 0 Å². The molecule has 0 aromatic heterocycles. The van der Waals surface area contributed by atoms with Crippen molar-refractivity contribution in [3.63, 3.8) is 0 Å². The molecular formula is C31H42O. The number of allylic oxidation sites excluding steroid dienone is 2. The van der Waals surface area contributed by atoms with Gasteiger partial charge in [0.15, 0.2) is 0 Å². The number of rotatable bonds is 2. The number of hydrogen-bond donors (Lipinski definition) is 0. The van der Waals surface area contributed by atoms with E-state index in [4.69, 9.17) is 4.74 Å². The predicted molar refractivity (Wildman–Crippen MR) is 134 cm³/mol. The van der Waals surface area contributed by atoms with Crippen molar-refractivity contribution in [3.8, 4) is 0 Å². The third kappa shape index (κ3) is 3.54. The first-order valence-electron chi connectivity index (χ1n) is 13.6. The van der Waals surface area contributed by atoms with Gasteiger partial charge in [-0.05, 0) is 98.0 Å². The highest BCUT2D eigenvalue weighted by Crippen LogP contribution is 2.61. The van der Waals surface area contributed by atoms with Crippen LogP contribution in [0.1, 0.15) is 102 Å². The van der Waals surface area contributed by atoms with E-state index in [0.717, 1.165) is 30.3 Å². The van der Waals surface area contributed by atoms with Crippen LogP contribution in [0.3, 0.4) is 0 Å². The van der Waals surface area contributed by atoms with E-state index in [1.54, 1.807) is 5.56 Å². The molecule has 0 radical (unpaired) electrons. The van der Waals surface area contributed by atoms with Crippen molar-refractivity contribution in [1.82, 2.24) is 0 Å². The van der Waals surface area contributed by atoms with E-state index >= 15 is 0 Å². The first kappa shape index (κ1) is 21.2. The van der Waals surface area contributed by atoms with E-state index in [1.807, 2.05) is 17.2 Å². The van der Waals surface area contributed by atoms with Crippen LogP contribution >= 0.6 is 0 Å². The van der Waals surface area contributed by atoms with Crippen LogP contribution in [0.25, 0.3) is 6.08 Å². The van der Waals surface area contributed by atoms with E-state index in [1.165, 1.54) is 76.2 Å². The van der Waals surface area contributed by atoms with Crippen LogP contribution in [0.5, 0.6) is 0 Å². The Morgan fingerprint density at radius 3 is 2.59 bits per heavy atom. The summed E-state index contributed by atoms with van der Waals surface area (Å²) in [6, 6.07) is 9.41. The molecule has 0 N–H and O–H groups in total. The second-order valence-electron chi connectivity index (χ2n) is 12.7. The quantitative estimate of drug-likeness (QED) is 0.429. The average Bonchev–Trinajstić information content (AvgIpc) is 3.29. The van der Waals surface area contributed by atoms with Crippen molar-refractivity contribution in [2.75, 3.05) is 6.61 Å². The van der Waals surface area contributed by atoms with E-state index in [-0.39, 0.29) is 5.60 Å². The number of benzene rings is 1. The van der Waals surface area contributed by atoms with Crippen LogP contribution in [0.15, 0.2) is 42.0 Å². The molecule has 1 heterocycles. The second kappa shape index (κ2) is 7.86. The zero-order valence-electron chi connectivity index (χ0n) is 20.4. The van der Waals surface area contributed by atoms with Crippen LogP contribution in [-0.2, 0) is 4.74 Å². The Morgan fingerprint density at radius 2 is 1.84 bits per heavy atom. The van der Waals surface area contributed by atoms with Gasteiger partial charge in [-0.25, -0.2) is 0 Å². The van der Waals surface area contributed by atoms with Crippen LogP contribution in [0.4, 0.5) is 0 Å². The lowest BCUT2D eigenvalue weighted by Gasteiger charge is -2.53. The van der Waals surface area contributed by atoms with Gasteiger partial charge in [0.25, 0.3) is 0 Å². The molecule has 0 amide bonds. The second-order valence-corrected chi connectivity index (χ2v) is 12.7. The third-order valence-electron chi connectivity index (χ3n) is 10.3. The molecule has 6 rings (SSSR count). The predicted octanol–water partition coefficient (Wildman–Crippen LogP) is 8.32. The fraction of sp³-hybridized carbons (Fsp3) is 0.677. The van der Waals surface area contributed by atoms with Gasteiger partial charge in [0.2, 0.25) is 0 Å². The van der Waals surface area contributed by atoms with E-state index in [2.05, 4.69) is 44.7 Å². The maximum Gasteiger partial charge on any atom is 0.0691 e. The van der Waals surface area contributed by atoms with Gasteiger partial charge in [0, 0.05) is 5.92 Å². The van der Waals surface area contributed by atoms with Crippen molar-refractivity contribution in [3.05, 3.63) is 53.1 Å². The molecule has 1 spiro atoms. The standard InChI is InChI=1S/C31H42O/c1-4-21-8-10-22(11-9-21)28-18-23-6-5-7-25(23)27-13-12-24-19-31(15-14-26(24)29(27)28)17-16-30(2,3)20-32-31/h4,8-11,23-25,27-28H,1,5-7,12-20H2,2-3H3. The van der Waals surface area contributed by atoms with Gasteiger partial charge in [-0.15, -0.1) is 0 Å². The van der Waals surface area contributed by atoms with Crippen molar-refractivity contribution in [2.45, 2.75) is 96.0 Å². The highest BCUT2D eigenvalue weighted by Gasteiger charge is 2.50. The topological polar surface area (TPSA) is 9.23 Å². The zero-order chi connectivity index (χ0) is 21.9. The average molecular weight is 431 g/mol. The van der Waals surface area contributed by atoms with Crippen LogP contribution < -0.4 is 0 Å². The molecule has 1 aromatic carbocycles. The van der Waals surface area contributed by atoms with Gasteiger partial charge in [0.1, 0.15) is 0 Å². The minimum absolute atomic E-state index is 0.183. The van der Waals surface area contributed by atoms with E-state index in [0.29, 0.717) is 11.3 Å². The van der Waals surface area contributed by atoms with Gasteiger partial charge in [-0.3, -0.25) is 0 Å². The lowest BCUT2D eigenvalue weighted by Crippen LogP contribution is -2.47. The molecule has 1 heteroatoms. The van der Waals surface area contributed by atoms with Crippen molar-refractivity contribution in [2.24, 2.45) is 29.1 Å². The summed E-state index contributed by atoms with van der Waals surface area (Å²) >= 11 is 0. The molecule has 5 aliphatic rings. The lowest BCUT2D eigenvalue weighted by atomic mass is 9.55. The molecule has 1 aliphatic heterocycles. The first-order chi connectivity index (χ1) is 15.5. The molecule has 0 bridgehead atoms. The zero-order valence-corrected chi connectivity index (χ0v) is 20.4. The van der Waals surface area contributed by atoms with E-state index in [9.17, 15) is 0 Å². The third-order valence-corrected chi connectivity index (χ3v) is 10.3. The molecule has 1 aromatic rings. The molecule has 172 valence electrons. The Bertz CT molecular complexity index is 893. The smallest absolute Gasteiger partial charge is 0.0691 e. The molecule has 1 nitrogen and oxygen atoms in total. The maximum absolute atomic E-state index is 6.68. The van der Waals surface area contributed by atoms with Gasteiger partial charge in [-0.1, -0.05) is 74.8 Å².